The van der Waals surface area contributed by atoms with Crippen molar-refractivity contribution in [2.75, 3.05) is 6.61 Å². The van der Waals surface area contributed by atoms with Crippen LogP contribution in [0.2, 0.25) is 0 Å². The van der Waals surface area contributed by atoms with Gasteiger partial charge in [-0.3, -0.25) is 0 Å². The van der Waals surface area contributed by atoms with Crippen LogP contribution in [0.3, 0.4) is 0 Å². The van der Waals surface area contributed by atoms with Gasteiger partial charge in [-0.15, -0.1) is 0 Å². The molecule has 0 heterocycles. The number of hydrogen-bond acceptors (Lipinski definition) is 6. The molecule has 0 bridgehead atoms. The first-order chi connectivity index (χ1) is 27.8. The third-order valence-electron chi connectivity index (χ3n) is 16.7. The molecular weight excluding hydrogens is 733 g/mol. The number of aliphatic hydroxyl groups is 3. The lowest BCUT2D eigenvalue weighted by Crippen LogP contribution is -2.39. The number of aliphatic hydroxyl groups excluding tert-OH is 1. The Labute approximate surface area is 359 Å². The average Bonchev–Trinajstić information content (AvgIpc) is 3.71. The molecule has 3 N–H and O–H groups in total. The zero-order valence-electron chi connectivity index (χ0n) is 38.6. The molecule has 0 aliphatic heterocycles. The average molecular weight is 817 g/mol. The largest absolute Gasteiger partial charge is 0.390 e. The van der Waals surface area contributed by atoms with Crippen LogP contribution in [0.25, 0.3) is 0 Å². The molecule has 6 rings (SSSR count). The zero-order valence-corrected chi connectivity index (χ0v) is 38.6. The molecule has 6 heteroatoms. The Hall–Kier alpha value is -1.80. The Morgan fingerprint density at radius 3 is 2.05 bits per heavy atom. The first kappa shape index (κ1) is 46.7. The van der Waals surface area contributed by atoms with E-state index in [9.17, 15) is 15.3 Å². The lowest BCUT2D eigenvalue weighted by Gasteiger charge is -2.44. The van der Waals surface area contributed by atoms with E-state index in [1.54, 1.807) is 5.57 Å². The van der Waals surface area contributed by atoms with Crippen LogP contribution in [0, 0.1) is 46.3 Å². The van der Waals surface area contributed by atoms with Crippen molar-refractivity contribution in [2.24, 2.45) is 46.3 Å². The Morgan fingerprint density at radius 1 is 0.814 bits per heavy atom. The van der Waals surface area contributed by atoms with Gasteiger partial charge in [-0.2, -0.15) is 0 Å². The van der Waals surface area contributed by atoms with Crippen molar-refractivity contribution in [1.82, 2.24) is 0 Å². The summed E-state index contributed by atoms with van der Waals surface area (Å²) in [6.45, 7) is 27.4. The second-order valence-electron chi connectivity index (χ2n) is 22.0. The van der Waals surface area contributed by atoms with Gasteiger partial charge in [0.05, 0.1) is 23.9 Å². The van der Waals surface area contributed by atoms with Gasteiger partial charge in [0.1, 0.15) is 0 Å². The molecule has 0 amide bonds. The number of allylic oxidation sites excluding steroid dienone is 7. The molecule has 6 aliphatic rings. The summed E-state index contributed by atoms with van der Waals surface area (Å²) >= 11 is 0. The molecular formula is C53H84O6. The molecule has 0 spiro atoms. The van der Waals surface area contributed by atoms with Gasteiger partial charge in [0, 0.05) is 32.3 Å². The molecule has 6 nitrogen and oxygen atoms in total. The maximum absolute atomic E-state index is 11.8. The predicted octanol–water partition coefficient (Wildman–Crippen LogP) is 12.6. The van der Waals surface area contributed by atoms with E-state index < -0.39 is 17.5 Å². The fourth-order valence-corrected chi connectivity index (χ4v) is 13.1. The molecule has 6 aliphatic carbocycles. The number of ether oxygens (including phenoxy) is 1. The maximum Gasteiger partial charge on any atom is 0.203 e. The maximum atomic E-state index is 11.8. The second-order valence-corrected chi connectivity index (χ2v) is 22.0. The molecule has 59 heavy (non-hydrogen) atoms. The molecule has 0 aromatic heterocycles. The van der Waals surface area contributed by atoms with Crippen molar-refractivity contribution in [1.29, 1.82) is 0 Å². The zero-order chi connectivity index (χ0) is 42.8. The first-order valence-electron chi connectivity index (χ1n) is 24.1. The molecule has 0 radical (unpaired) electrons. The van der Waals surface area contributed by atoms with E-state index in [-0.39, 0.29) is 17.6 Å². The van der Waals surface area contributed by atoms with Crippen molar-refractivity contribution in [3.63, 3.8) is 0 Å². The summed E-state index contributed by atoms with van der Waals surface area (Å²) < 4.78 is 6.32. The smallest absolute Gasteiger partial charge is 0.203 e. The Kier molecular flexibility index (Phi) is 15.3. The van der Waals surface area contributed by atoms with Gasteiger partial charge in [0.15, 0.2) is 0 Å². The lowest BCUT2D eigenvalue weighted by atomic mass is 9.60. The minimum absolute atomic E-state index is 0.156. The molecule has 2 unspecified atom stereocenters. The SMILES string of the molecule is C=C1CC[C@](O)(OO[C@@H]2CC(=CC=C3CCC[C@@]4(C)C3CC[C@@H]4[C@H](C)OCCC(C)(C)O)C(=C)[C@@H](O)C2)C/C1=C/C=C1CCC[C@@]2(C)C1CC[C@@H]2[C@H](C)CCCC(C)C. The highest BCUT2D eigenvalue weighted by atomic mass is 17.2. The van der Waals surface area contributed by atoms with Crippen LogP contribution in [0.5, 0.6) is 0 Å². The first-order valence-corrected chi connectivity index (χ1v) is 24.1. The Morgan fingerprint density at radius 2 is 1.42 bits per heavy atom. The van der Waals surface area contributed by atoms with Crippen LogP contribution >= 0.6 is 0 Å². The fraction of sp³-hybridized carbons (Fsp3) is 0.774. The summed E-state index contributed by atoms with van der Waals surface area (Å²) in [4.78, 5) is 12.0. The number of rotatable bonds is 15. The summed E-state index contributed by atoms with van der Waals surface area (Å²) in [6.07, 6.45) is 27.3. The van der Waals surface area contributed by atoms with Gasteiger partial charge in [-0.25, -0.2) is 9.78 Å². The van der Waals surface area contributed by atoms with Gasteiger partial charge in [0.2, 0.25) is 5.79 Å². The Balaban J connectivity index is 1.06. The van der Waals surface area contributed by atoms with E-state index >= 15 is 0 Å². The quantitative estimate of drug-likeness (QED) is 0.0867. The monoisotopic (exact) mass is 817 g/mol. The van der Waals surface area contributed by atoms with Gasteiger partial charge in [0.25, 0.3) is 0 Å². The summed E-state index contributed by atoms with van der Waals surface area (Å²) in [7, 11) is 0. The van der Waals surface area contributed by atoms with Crippen LogP contribution in [-0.2, 0) is 14.5 Å². The topological polar surface area (TPSA) is 88.4 Å². The van der Waals surface area contributed by atoms with E-state index in [0.29, 0.717) is 68.3 Å². The van der Waals surface area contributed by atoms with E-state index in [4.69, 9.17) is 14.5 Å². The van der Waals surface area contributed by atoms with Crippen LogP contribution < -0.4 is 0 Å². The van der Waals surface area contributed by atoms with Crippen molar-refractivity contribution in [3.05, 3.63) is 70.9 Å². The lowest BCUT2D eigenvalue weighted by molar-refractivity contribution is -0.440. The molecule has 0 aromatic carbocycles. The van der Waals surface area contributed by atoms with Gasteiger partial charge >= 0.3 is 0 Å². The molecule has 11 atom stereocenters. The fourth-order valence-electron chi connectivity index (χ4n) is 13.1. The van der Waals surface area contributed by atoms with Crippen LogP contribution in [0.1, 0.15) is 177 Å². The predicted molar refractivity (Wildman–Crippen MR) is 241 cm³/mol. The third kappa shape index (κ3) is 11.1. The highest BCUT2D eigenvalue weighted by Gasteiger charge is 2.52. The highest BCUT2D eigenvalue weighted by molar-refractivity contribution is 5.39. The second kappa shape index (κ2) is 19.3. The standard InChI is InChI=1S/C53H84O6/c1-35(2)14-11-15-37(4)45-22-24-47-41(16-12-27-51(45,47)9)19-21-43-34-53(56,29-26-36(43)3)59-58-44-32-42(38(5)49(54)33-44)20-18-40-17-13-28-52(10)46(23-25-48(40)52)39(6)57-31-30-50(7,8)55/h18-21,35,37,39,44-49,54-56H,3,5,11-17,22-34H2,1-2,4,6-10H3/b40-18?,41-19?,42-20?,43-21-/t37-,39+,44-,45-,46-,47?,48?,49+,51-,52-,53+/m1/s1. The van der Waals surface area contributed by atoms with Crippen molar-refractivity contribution >= 4 is 0 Å². The molecule has 6 fully saturated rings. The summed E-state index contributed by atoms with van der Waals surface area (Å²) in [5.74, 6) is 2.56. The normalized spacial score (nSPS) is 39.4. The summed E-state index contributed by atoms with van der Waals surface area (Å²) in [6, 6.07) is 0. The minimum Gasteiger partial charge on any atom is -0.390 e. The van der Waals surface area contributed by atoms with Gasteiger partial charge < -0.3 is 20.1 Å². The number of hydrogen-bond donors (Lipinski definition) is 3. The minimum atomic E-state index is -1.44. The Bertz CT molecular complexity index is 1610. The van der Waals surface area contributed by atoms with E-state index in [1.807, 2.05) is 13.8 Å². The highest BCUT2D eigenvalue weighted by Crippen LogP contribution is 2.61. The molecule has 0 saturated heterocycles. The van der Waals surface area contributed by atoms with E-state index in [2.05, 4.69) is 79.0 Å². The van der Waals surface area contributed by atoms with Crippen molar-refractivity contribution < 1.29 is 29.8 Å². The van der Waals surface area contributed by atoms with Crippen molar-refractivity contribution in [2.45, 2.75) is 207 Å². The summed E-state index contributed by atoms with van der Waals surface area (Å²) in [5, 5.41) is 33.0. The van der Waals surface area contributed by atoms with Gasteiger partial charge in [-0.05, 0) is 161 Å². The van der Waals surface area contributed by atoms with Gasteiger partial charge in [-0.1, -0.05) is 108 Å². The van der Waals surface area contributed by atoms with Crippen LogP contribution in [0.15, 0.2) is 70.9 Å². The van der Waals surface area contributed by atoms with E-state index in [1.165, 1.54) is 56.9 Å². The molecule has 332 valence electrons. The van der Waals surface area contributed by atoms with Crippen molar-refractivity contribution in [3.8, 4) is 0 Å². The molecule has 6 saturated carbocycles. The van der Waals surface area contributed by atoms with E-state index in [0.717, 1.165) is 72.2 Å². The summed E-state index contributed by atoms with van der Waals surface area (Å²) in [5.41, 5.74) is 6.78. The molecule has 0 aromatic rings. The van der Waals surface area contributed by atoms with Crippen LogP contribution in [0.4, 0.5) is 0 Å². The number of fused-ring (bicyclic) bond motifs is 2. The van der Waals surface area contributed by atoms with Crippen LogP contribution in [-0.4, -0.2) is 51.6 Å². The third-order valence-corrected chi connectivity index (χ3v) is 16.7.